The summed E-state index contributed by atoms with van der Waals surface area (Å²) in [4.78, 5) is 18.1. The van der Waals surface area contributed by atoms with E-state index >= 15 is 0 Å². The Morgan fingerprint density at radius 1 is 1.03 bits per heavy atom. The van der Waals surface area contributed by atoms with E-state index in [1.165, 1.54) is 16.9 Å². The van der Waals surface area contributed by atoms with Gasteiger partial charge in [-0.25, -0.2) is 0 Å². The summed E-state index contributed by atoms with van der Waals surface area (Å²) >= 11 is 1.53. The molecule has 0 bridgehead atoms. The SMILES string of the molecule is COc1cccc(C(CN2CCN(C(=O)c3sccc3C)CC2)OCc2ccc(C)cc2)c1. The molecule has 1 fully saturated rings. The van der Waals surface area contributed by atoms with E-state index in [1.54, 1.807) is 7.11 Å². The maximum absolute atomic E-state index is 12.9. The lowest BCUT2D eigenvalue weighted by atomic mass is 10.1. The Bertz CT molecular complexity index is 1060. The van der Waals surface area contributed by atoms with Crippen molar-refractivity contribution in [1.29, 1.82) is 0 Å². The van der Waals surface area contributed by atoms with Crippen molar-refractivity contribution < 1.29 is 14.3 Å². The smallest absolute Gasteiger partial charge is 0.264 e. The first kappa shape index (κ1) is 23.5. The van der Waals surface area contributed by atoms with Gasteiger partial charge in [-0.05, 0) is 54.1 Å². The summed E-state index contributed by atoms with van der Waals surface area (Å²) in [6, 6.07) is 18.6. The maximum Gasteiger partial charge on any atom is 0.264 e. The molecule has 4 rings (SSSR count). The van der Waals surface area contributed by atoms with Gasteiger partial charge in [0.2, 0.25) is 0 Å². The lowest BCUT2D eigenvalue weighted by Crippen LogP contribution is -2.49. The standard InChI is InChI=1S/C27H32N2O3S/c1-20-7-9-22(10-8-20)19-32-25(23-5-4-6-24(17-23)31-3)18-28-12-14-29(15-13-28)27(30)26-21(2)11-16-33-26/h4-11,16-17,25H,12-15,18-19H2,1-3H3. The predicted molar refractivity (Wildman–Crippen MR) is 133 cm³/mol. The van der Waals surface area contributed by atoms with Crippen LogP contribution in [-0.4, -0.2) is 55.5 Å². The van der Waals surface area contributed by atoms with Gasteiger partial charge in [0, 0.05) is 32.7 Å². The van der Waals surface area contributed by atoms with Crippen LogP contribution in [-0.2, 0) is 11.3 Å². The molecule has 1 unspecified atom stereocenters. The first-order valence-electron chi connectivity index (χ1n) is 11.4. The first-order valence-corrected chi connectivity index (χ1v) is 12.3. The molecule has 2 heterocycles. The van der Waals surface area contributed by atoms with Crippen LogP contribution in [0.15, 0.2) is 60.0 Å². The molecule has 174 valence electrons. The number of piperazine rings is 1. The van der Waals surface area contributed by atoms with Gasteiger partial charge in [-0.3, -0.25) is 9.69 Å². The van der Waals surface area contributed by atoms with E-state index in [2.05, 4.69) is 48.2 Å². The van der Waals surface area contributed by atoms with Gasteiger partial charge in [-0.1, -0.05) is 42.0 Å². The molecule has 1 saturated heterocycles. The van der Waals surface area contributed by atoms with Crippen molar-refractivity contribution >= 4 is 17.2 Å². The number of rotatable bonds is 8. The molecule has 0 aliphatic carbocycles. The summed E-state index contributed by atoms with van der Waals surface area (Å²) in [6.45, 7) is 8.57. The van der Waals surface area contributed by atoms with Gasteiger partial charge in [-0.15, -0.1) is 11.3 Å². The molecule has 1 amide bonds. The molecular weight excluding hydrogens is 432 g/mol. The number of amides is 1. The zero-order valence-electron chi connectivity index (χ0n) is 19.6. The lowest BCUT2D eigenvalue weighted by Gasteiger charge is -2.36. The van der Waals surface area contributed by atoms with Gasteiger partial charge in [0.25, 0.3) is 5.91 Å². The number of hydrogen-bond donors (Lipinski definition) is 0. The number of aryl methyl sites for hydroxylation is 2. The number of thiophene rings is 1. The molecule has 1 aliphatic heterocycles. The van der Waals surface area contributed by atoms with Crippen LogP contribution in [0, 0.1) is 13.8 Å². The zero-order valence-corrected chi connectivity index (χ0v) is 20.4. The van der Waals surface area contributed by atoms with Crippen molar-refractivity contribution in [2.75, 3.05) is 39.8 Å². The Labute approximate surface area is 200 Å². The maximum atomic E-state index is 12.9. The molecule has 1 aliphatic rings. The summed E-state index contributed by atoms with van der Waals surface area (Å²) in [5.74, 6) is 0.986. The molecule has 2 aromatic carbocycles. The van der Waals surface area contributed by atoms with E-state index < -0.39 is 0 Å². The number of carbonyl (C=O) groups excluding carboxylic acids is 1. The Morgan fingerprint density at radius 3 is 2.45 bits per heavy atom. The number of carbonyl (C=O) groups is 1. The van der Waals surface area contributed by atoms with E-state index in [1.807, 2.05) is 35.4 Å². The minimum Gasteiger partial charge on any atom is -0.497 e. The third kappa shape index (κ3) is 6.02. The number of ether oxygens (including phenoxy) is 2. The van der Waals surface area contributed by atoms with Crippen molar-refractivity contribution in [3.63, 3.8) is 0 Å². The van der Waals surface area contributed by atoms with Crippen LogP contribution in [0.1, 0.15) is 38.0 Å². The summed E-state index contributed by atoms with van der Waals surface area (Å²) in [5.41, 5.74) is 4.58. The second kappa shape index (κ2) is 11.0. The van der Waals surface area contributed by atoms with Gasteiger partial charge in [0.15, 0.2) is 0 Å². The molecule has 33 heavy (non-hydrogen) atoms. The average molecular weight is 465 g/mol. The number of hydrogen-bond acceptors (Lipinski definition) is 5. The highest BCUT2D eigenvalue weighted by molar-refractivity contribution is 7.12. The van der Waals surface area contributed by atoms with Crippen LogP contribution in [0.2, 0.25) is 0 Å². The van der Waals surface area contributed by atoms with E-state index in [9.17, 15) is 4.79 Å². The summed E-state index contributed by atoms with van der Waals surface area (Å²) in [5, 5.41) is 1.99. The number of benzene rings is 2. The van der Waals surface area contributed by atoms with E-state index in [-0.39, 0.29) is 12.0 Å². The van der Waals surface area contributed by atoms with Crippen LogP contribution in [0.5, 0.6) is 5.75 Å². The Balaban J connectivity index is 1.41. The average Bonchev–Trinajstić information content (AvgIpc) is 3.28. The van der Waals surface area contributed by atoms with Crippen molar-refractivity contribution in [3.05, 3.63) is 87.1 Å². The van der Waals surface area contributed by atoms with Crippen LogP contribution < -0.4 is 4.74 Å². The topological polar surface area (TPSA) is 42.0 Å². The minimum absolute atomic E-state index is 0.0804. The van der Waals surface area contributed by atoms with Gasteiger partial charge in [0.05, 0.1) is 24.7 Å². The van der Waals surface area contributed by atoms with Crippen LogP contribution in [0.3, 0.4) is 0 Å². The molecule has 1 atom stereocenters. The van der Waals surface area contributed by atoms with Crippen molar-refractivity contribution in [2.45, 2.75) is 26.6 Å². The second-order valence-corrected chi connectivity index (χ2v) is 9.50. The number of methoxy groups -OCH3 is 1. The van der Waals surface area contributed by atoms with Crippen LogP contribution in [0.4, 0.5) is 0 Å². The molecule has 0 radical (unpaired) electrons. The summed E-state index contributed by atoms with van der Waals surface area (Å²) < 4.78 is 11.9. The monoisotopic (exact) mass is 464 g/mol. The van der Waals surface area contributed by atoms with Gasteiger partial charge < -0.3 is 14.4 Å². The molecule has 3 aromatic rings. The van der Waals surface area contributed by atoms with Gasteiger partial charge in [-0.2, -0.15) is 0 Å². The van der Waals surface area contributed by atoms with E-state index in [4.69, 9.17) is 9.47 Å². The summed E-state index contributed by atoms with van der Waals surface area (Å²) in [6.07, 6.45) is -0.0804. The fraction of sp³-hybridized carbons (Fsp3) is 0.370. The molecule has 0 saturated carbocycles. The van der Waals surface area contributed by atoms with Crippen LogP contribution >= 0.6 is 11.3 Å². The lowest BCUT2D eigenvalue weighted by molar-refractivity contribution is 0.00338. The largest absolute Gasteiger partial charge is 0.497 e. The van der Waals surface area contributed by atoms with E-state index in [0.717, 1.165) is 60.0 Å². The Hall–Kier alpha value is -2.67. The Morgan fingerprint density at radius 2 is 1.79 bits per heavy atom. The second-order valence-electron chi connectivity index (χ2n) is 8.59. The molecule has 5 nitrogen and oxygen atoms in total. The predicted octanol–water partition coefficient (Wildman–Crippen LogP) is 5.09. The van der Waals surface area contributed by atoms with Crippen LogP contribution in [0.25, 0.3) is 0 Å². The molecule has 6 heteroatoms. The highest BCUT2D eigenvalue weighted by Crippen LogP contribution is 2.26. The van der Waals surface area contributed by atoms with Gasteiger partial charge >= 0.3 is 0 Å². The normalized spacial score (nSPS) is 15.4. The summed E-state index contributed by atoms with van der Waals surface area (Å²) in [7, 11) is 1.69. The molecular formula is C27H32N2O3S. The van der Waals surface area contributed by atoms with Crippen molar-refractivity contribution in [1.82, 2.24) is 9.80 Å². The van der Waals surface area contributed by atoms with Gasteiger partial charge in [0.1, 0.15) is 5.75 Å². The fourth-order valence-electron chi connectivity index (χ4n) is 4.08. The fourth-order valence-corrected chi connectivity index (χ4v) is 4.97. The molecule has 0 spiro atoms. The molecule has 1 aromatic heterocycles. The number of nitrogens with zero attached hydrogens (tertiary/aromatic N) is 2. The first-order chi connectivity index (χ1) is 16.0. The highest BCUT2D eigenvalue weighted by Gasteiger charge is 2.26. The third-order valence-electron chi connectivity index (χ3n) is 6.18. The third-order valence-corrected chi connectivity index (χ3v) is 7.18. The quantitative estimate of drug-likeness (QED) is 0.466. The Kier molecular flexibility index (Phi) is 7.81. The van der Waals surface area contributed by atoms with Crippen molar-refractivity contribution in [3.8, 4) is 5.75 Å². The highest BCUT2D eigenvalue weighted by atomic mass is 32.1. The van der Waals surface area contributed by atoms with E-state index in [0.29, 0.717) is 6.61 Å². The zero-order chi connectivity index (χ0) is 23.2. The van der Waals surface area contributed by atoms with Crippen molar-refractivity contribution in [2.24, 2.45) is 0 Å². The minimum atomic E-state index is -0.0804. The molecule has 0 N–H and O–H groups in total.